The topological polar surface area (TPSA) is 48.0 Å². The summed E-state index contributed by atoms with van der Waals surface area (Å²) in [6, 6.07) is 9.07. The molecule has 0 spiro atoms. The van der Waals surface area contributed by atoms with Crippen LogP contribution in [-0.2, 0) is 6.54 Å². The Bertz CT molecular complexity index is 588. The lowest BCUT2D eigenvalue weighted by atomic mass is 10.1. The molecule has 0 aliphatic heterocycles. The molecule has 1 saturated carbocycles. The van der Waals surface area contributed by atoms with Crippen LogP contribution in [0.4, 0.5) is 0 Å². The summed E-state index contributed by atoms with van der Waals surface area (Å²) in [6.07, 6.45) is 2.99. The number of aromatic nitrogens is 1. The van der Waals surface area contributed by atoms with E-state index >= 15 is 0 Å². The minimum Gasteiger partial charge on any atom is -0.392 e. The molecule has 1 aromatic heterocycles. The van der Waals surface area contributed by atoms with Crippen molar-refractivity contribution in [3.05, 3.63) is 35.5 Å². The first kappa shape index (κ1) is 13.7. The SMILES string of the molecule is CC(C)c1cc2cc(CN[C@H]3CCC[C@H]3O)ccc2[nH]1. The van der Waals surface area contributed by atoms with Gasteiger partial charge in [0, 0.05) is 23.8 Å². The van der Waals surface area contributed by atoms with Crippen LogP contribution < -0.4 is 5.32 Å². The minimum atomic E-state index is -0.168. The highest BCUT2D eigenvalue weighted by molar-refractivity contribution is 5.81. The molecule has 3 heteroatoms. The van der Waals surface area contributed by atoms with Crippen LogP contribution in [0.3, 0.4) is 0 Å². The summed E-state index contributed by atoms with van der Waals surface area (Å²) < 4.78 is 0. The van der Waals surface area contributed by atoms with Gasteiger partial charge in [-0.2, -0.15) is 0 Å². The second kappa shape index (κ2) is 5.58. The van der Waals surface area contributed by atoms with Gasteiger partial charge in [0.25, 0.3) is 0 Å². The van der Waals surface area contributed by atoms with Crippen molar-refractivity contribution in [1.82, 2.24) is 10.3 Å². The molecule has 3 nitrogen and oxygen atoms in total. The number of hydrogen-bond acceptors (Lipinski definition) is 2. The molecule has 2 aromatic rings. The van der Waals surface area contributed by atoms with Crippen LogP contribution in [0.15, 0.2) is 24.3 Å². The summed E-state index contributed by atoms with van der Waals surface area (Å²) in [6.45, 7) is 5.24. The summed E-state index contributed by atoms with van der Waals surface area (Å²) >= 11 is 0. The smallest absolute Gasteiger partial charge is 0.0693 e. The lowest BCUT2D eigenvalue weighted by molar-refractivity contribution is 0.148. The molecular weight excluding hydrogens is 248 g/mol. The van der Waals surface area contributed by atoms with Crippen molar-refractivity contribution < 1.29 is 5.11 Å². The van der Waals surface area contributed by atoms with Gasteiger partial charge in [-0.15, -0.1) is 0 Å². The molecule has 20 heavy (non-hydrogen) atoms. The first-order chi connectivity index (χ1) is 9.63. The van der Waals surface area contributed by atoms with Crippen molar-refractivity contribution in [1.29, 1.82) is 0 Å². The molecule has 1 aliphatic carbocycles. The molecule has 3 rings (SSSR count). The number of rotatable bonds is 4. The largest absolute Gasteiger partial charge is 0.392 e. The maximum absolute atomic E-state index is 9.84. The molecule has 2 atom stereocenters. The Morgan fingerprint density at radius 1 is 1.30 bits per heavy atom. The fraction of sp³-hybridized carbons (Fsp3) is 0.529. The number of fused-ring (bicyclic) bond motifs is 1. The Morgan fingerprint density at radius 2 is 2.15 bits per heavy atom. The predicted molar refractivity (Wildman–Crippen MR) is 82.9 cm³/mol. The van der Waals surface area contributed by atoms with Gasteiger partial charge in [-0.3, -0.25) is 0 Å². The molecule has 0 radical (unpaired) electrons. The molecule has 1 heterocycles. The van der Waals surface area contributed by atoms with Crippen molar-refractivity contribution in [2.24, 2.45) is 0 Å². The molecule has 3 N–H and O–H groups in total. The summed E-state index contributed by atoms with van der Waals surface area (Å²) in [5, 5.41) is 14.6. The van der Waals surface area contributed by atoms with Gasteiger partial charge in [-0.25, -0.2) is 0 Å². The first-order valence-corrected chi connectivity index (χ1v) is 7.66. The van der Waals surface area contributed by atoms with Crippen LogP contribution in [0.1, 0.15) is 50.3 Å². The van der Waals surface area contributed by atoms with Gasteiger partial charge in [0.15, 0.2) is 0 Å². The minimum absolute atomic E-state index is 0.168. The third-order valence-electron chi connectivity index (χ3n) is 4.38. The molecule has 0 bridgehead atoms. The highest BCUT2D eigenvalue weighted by Crippen LogP contribution is 2.23. The van der Waals surface area contributed by atoms with E-state index < -0.39 is 0 Å². The Hall–Kier alpha value is -1.32. The average molecular weight is 272 g/mol. The monoisotopic (exact) mass is 272 g/mol. The first-order valence-electron chi connectivity index (χ1n) is 7.66. The number of H-pyrrole nitrogens is 1. The van der Waals surface area contributed by atoms with Crippen LogP contribution in [-0.4, -0.2) is 22.2 Å². The van der Waals surface area contributed by atoms with Crippen LogP contribution in [0, 0.1) is 0 Å². The summed E-state index contributed by atoms with van der Waals surface area (Å²) in [5.41, 5.74) is 3.78. The number of benzene rings is 1. The summed E-state index contributed by atoms with van der Waals surface area (Å²) in [4.78, 5) is 3.47. The van der Waals surface area contributed by atoms with Gasteiger partial charge >= 0.3 is 0 Å². The van der Waals surface area contributed by atoms with Crippen LogP contribution >= 0.6 is 0 Å². The van der Waals surface area contributed by atoms with Gasteiger partial charge < -0.3 is 15.4 Å². The van der Waals surface area contributed by atoms with E-state index in [0.29, 0.717) is 5.92 Å². The second-order valence-electron chi connectivity index (χ2n) is 6.29. The Labute approximate surface area is 120 Å². The van der Waals surface area contributed by atoms with E-state index in [9.17, 15) is 5.11 Å². The van der Waals surface area contributed by atoms with Gasteiger partial charge in [0.05, 0.1) is 6.10 Å². The predicted octanol–water partition coefficient (Wildman–Crippen LogP) is 3.29. The molecular formula is C17H24N2O. The van der Waals surface area contributed by atoms with Crippen LogP contribution in [0.25, 0.3) is 10.9 Å². The summed E-state index contributed by atoms with van der Waals surface area (Å²) in [7, 11) is 0. The van der Waals surface area contributed by atoms with E-state index in [2.05, 4.69) is 48.4 Å². The Balaban J connectivity index is 1.72. The fourth-order valence-electron chi connectivity index (χ4n) is 3.05. The molecule has 1 aromatic carbocycles. The third kappa shape index (κ3) is 2.74. The van der Waals surface area contributed by atoms with E-state index in [0.717, 1.165) is 25.8 Å². The lowest BCUT2D eigenvalue weighted by Crippen LogP contribution is -2.34. The molecule has 0 saturated heterocycles. The van der Waals surface area contributed by atoms with Crippen molar-refractivity contribution in [2.75, 3.05) is 0 Å². The van der Waals surface area contributed by atoms with E-state index in [-0.39, 0.29) is 12.1 Å². The quantitative estimate of drug-likeness (QED) is 0.800. The number of hydrogen-bond donors (Lipinski definition) is 3. The van der Waals surface area contributed by atoms with Crippen LogP contribution in [0.5, 0.6) is 0 Å². The third-order valence-corrected chi connectivity index (χ3v) is 4.38. The van der Waals surface area contributed by atoms with Crippen molar-refractivity contribution in [2.45, 2.75) is 57.7 Å². The van der Waals surface area contributed by atoms with Gasteiger partial charge in [-0.1, -0.05) is 19.9 Å². The Kier molecular flexibility index (Phi) is 3.81. The van der Waals surface area contributed by atoms with E-state index in [4.69, 9.17) is 0 Å². The van der Waals surface area contributed by atoms with Crippen molar-refractivity contribution in [3.63, 3.8) is 0 Å². The molecule has 0 unspecified atom stereocenters. The number of nitrogens with one attached hydrogen (secondary N) is 2. The zero-order chi connectivity index (χ0) is 14.1. The normalized spacial score (nSPS) is 23.0. The highest BCUT2D eigenvalue weighted by Gasteiger charge is 2.24. The maximum atomic E-state index is 9.84. The maximum Gasteiger partial charge on any atom is 0.0693 e. The van der Waals surface area contributed by atoms with Gasteiger partial charge in [0.2, 0.25) is 0 Å². The summed E-state index contributed by atoms with van der Waals surface area (Å²) in [5.74, 6) is 0.526. The number of aliphatic hydroxyl groups excluding tert-OH is 1. The van der Waals surface area contributed by atoms with Gasteiger partial charge in [0.1, 0.15) is 0 Å². The zero-order valence-corrected chi connectivity index (χ0v) is 12.3. The highest BCUT2D eigenvalue weighted by atomic mass is 16.3. The zero-order valence-electron chi connectivity index (χ0n) is 12.3. The van der Waals surface area contributed by atoms with Gasteiger partial charge in [-0.05, 0) is 54.3 Å². The lowest BCUT2D eigenvalue weighted by Gasteiger charge is -2.16. The molecule has 108 valence electrons. The number of aliphatic hydroxyl groups is 1. The fourth-order valence-corrected chi connectivity index (χ4v) is 3.05. The average Bonchev–Trinajstić information content (AvgIpc) is 3.01. The van der Waals surface area contributed by atoms with Crippen LogP contribution in [0.2, 0.25) is 0 Å². The van der Waals surface area contributed by atoms with E-state index in [1.165, 1.54) is 22.2 Å². The standard InChI is InChI=1S/C17H24N2O/c1-11(2)16-9-13-8-12(6-7-14(13)19-16)10-18-15-4-3-5-17(15)20/h6-9,11,15,17-20H,3-5,10H2,1-2H3/t15-,17+/m0/s1. The molecule has 0 amide bonds. The Morgan fingerprint density at radius 3 is 2.85 bits per heavy atom. The van der Waals surface area contributed by atoms with Crippen molar-refractivity contribution in [3.8, 4) is 0 Å². The van der Waals surface area contributed by atoms with E-state index in [1.807, 2.05) is 0 Å². The molecule has 1 aliphatic rings. The van der Waals surface area contributed by atoms with E-state index in [1.54, 1.807) is 0 Å². The van der Waals surface area contributed by atoms with Crippen molar-refractivity contribution >= 4 is 10.9 Å². The molecule has 1 fully saturated rings. The number of aromatic amines is 1. The second-order valence-corrected chi connectivity index (χ2v) is 6.29.